The molecule has 16 heavy (non-hydrogen) atoms. The molecule has 3 unspecified atom stereocenters. The predicted molar refractivity (Wildman–Crippen MR) is 55.8 cm³/mol. The molecule has 0 aliphatic carbocycles. The minimum atomic E-state index is -1.49. The van der Waals surface area contributed by atoms with Crippen LogP contribution in [0.15, 0.2) is 0 Å². The van der Waals surface area contributed by atoms with Crippen molar-refractivity contribution in [3.63, 3.8) is 0 Å². The Labute approximate surface area is 97.4 Å². The van der Waals surface area contributed by atoms with Gasteiger partial charge in [-0.1, -0.05) is 0 Å². The predicted octanol–water partition coefficient (Wildman–Crippen LogP) is -3.17. The normalized spacial score (nSPS) is 39.4. The van der Waals surface area contributed by atoms with Crippen LogP contribution >= 0.6 is 12.6 Å². The second-order valence-electron chi connectivity index (χ2n) is 3.48. The van der Waals surface area contributed by atoms with Crippen molar-refractivity contribution in [1.29, 1.82) is 0 Å². The molecule has 5 N–H and O–H groups in total. The zero-order valence-electron chi connectivity index (χ0n) is 8.35. The third-order valence-corrected chi connectivity index (χ3v) is 2.66. The molecule has 1 saturated heterocycles. The number of nitrogens with one attached hydrogen (secondary N) is 1. The molecular weight excluding hydrogens is 238 g/mol. The lowest BCUT2D eigenvalue weighted by atomic mass is 9.97. The molecule has 5 atom stereocenters. The number of rotatable bonds is 3. The summed E-state index contributed by atoms with van der Waals surface area (Å²) >= 11 is 3.71. The Morgan fingerprint density at radius 3 is 2.44 bits per heavy atom. The Morgan fingerprint density at radius 2 is 1.94 bits per heavy atom. The van der Waals surface area contributed by atoms with Gasteiger partial charge in [-0.25, -0.2) is 0 Å². The number of amides is 1. The molecule has 1 aliphatic heterocycles. The number of aliphatic hydroxyl groups excluding tert-OH is 4. The van der Waals surface area contributed by atoms with E-state index in [9.17, 15) is 20.1 Å². The van der Waals surface area contributed by atoms with Gasteiger partial charge < -0.3 is 30.5 Å². The lowest BCUT2D eigenvalue weighted by molar-refractivity contribution is -0.253. The Hall–Kier alpha value is -0.380. The van der Waals surface area contributed by atoms with Crippen LogP contribution in [0.25, 0.3) is 0 Å². The lowest BCUT2D eigenvalue weighted by Crippen LogP contribution is -2.64. The van der Waals surface area contributed by atoms with Crippen molar-refractivity contribution in [3.8, 4) is 0 Å². The minimum absolute atomic E-state index is 0.116. The summed E-state index contributed by atoms with van der Waals surface area (Å²) in [6.07, 6.45) is -5.35. The number of carbonyl (C=O) groups is 1. The molecule has 0 aromatic rings. The third-order valence-electron chi connectivity index (χ3n) is 2.37. The smallest absolute Gasteiger partial charge is 0.230 e. The summed E-state index contributed by atoms with van der Waals surface area (Å²) in [5.74, 6) is -0.625. The molecule has 1 aliphatic rings. The highest BCUT2D eigenvalue weighted by Crippen LogP contribution is 2.19. The fraction of sp³-hybridized carbons (Fsp3) is 0.875. The van der Waals surface area contributed by atoms with Crippen LogP contribution in [0.4, 0.5) is 0 Å². The zero-order chi connectivity index (χ0) is 12.3. The van der Waals surface area contributed by atoms with E-state index in [-0.39, 0.29) is 5.75 Å². The summed E-state index contributed by atoms with van der Waals surface area (Å²) in [4.78, 5) is 11.0. The van der Waals surface area contributed by atoms with Crippen molar-refractivity contribution >= 4 is 18.5 Å². The number of hydrogen-bond acceptors (Lipinski definition) is 7. The molecule has 1 amide bonds. The second kappa shape index (κ2) is 5.80. The highest BCUT2D eigenvalue weighted by molar-refractivity contribution is 7.81. The van der Waals surface area contributed by atoms with Gasteiger partial charge in [0.1, 0.15) is 24.4 Å². The largest absolute Gasteiger partial charge is 0.394 e. The van der Waals surface area contributed by atoms with Gasteiger partial charge in [-0.3, -0.25) is 4.79 Å². The number of ether oxygens (including phenoxy) is 1. The van der Waals surface area contributed by atoms with Crippen molar-refractivity contribution in [3.05, 3.63) is 0 Å². The number of hydrogen-bond donors (Lipinski definition) is 6. The summed E-state index contributed by atoms with van der Waals surface area (Å²) < 4.78 is 4.83. The van der Waals surface area contributed by atoms with Gasteiger partial charge in [-0.2, -0.15) is 12.6 Å². The molecule has 0 aromatic carbocycles. The van der Waals surface area contributed by atoms with Gasteiger partial charge in [-0.15, -0.1) is 0 Å². The maximum absolute atomic E-state index is 11.0. The molecule has 94 valence electrons. The van der Waals surface area contributed by atoms with Crippen LogP contribution in [0.1, 0.15) is 0 Å². The van der Waals surface area contributed by atoms with Crippen molar-refractivity contribution in [2.75, 3.05) is 12.4 Å². The molecular formula is C8H15NO6S. The first-order valence-corrected chi connectivity index (χ1v) is 5.35. The van der Waals surface area contributed by atoms with Gasteiger partial charge in [0.05, 0.1) is 12.4 Å². The van der Waals surface area contributed by atoms with Crippen molar-refractivity contribution < 1.29 is 30.0 Å². The van der Waals surface area contributed by atoms with Crippen molar-refractivity contribution in [2.45, 2.75) is 30.6 Å². The van der Waals surface area contributed by atoms with Crippen molar-refractivity contribution in [1.82, 2.24) is 5.32 Å². The maximum Gasteiger partial charge on any atom is 0.230 e. The van der Waals surface area contributed by atoms with Crippen LogP contribution in [0, 0.1) is 0 Å². The van der Waals surface area contributed by atoms with E-state index in [2.05, 4.69) is 17.9 Å². The topological polar surface area (TPSA) is 119 Å². The van der Waals surface area contributed by atoms with Gasteiger partial charge in [0.2, 0.25) is 5.91 Å². The fourth-order valence-electron chi connectivity index (χ4n) is 1.48. The first-order chi connectivity index (χ1) is 7.51. The van der Waals surface area contributed by atoms with Crippen LogP contribution in [0.3, 0.4) is 0 Å². The molecule has 0 saturated carbocycles. The maximum atomic E-state index is 11.0. The van der Waals surface area contributed by atoms with E-state index in [0.29, 0.717) is 0 Å². The first-order valence-electron chi connectivity index (χ1n) is 4.72. The Bertz CT molecular complexity index is 253. The first kappa shape index (κ1) is 13.7. The van der Waals surface area contributed by atoms with E-state index in [1.54, 1.807) is 0 Å². The molecule has 8 heteroatoms. The summed E-state index contributed by atoms with van der Waals surface area (Å²) in [6, 6.07) is -1.14. The van der Waals surface area contributed by atoms with Crippen LogP contribution in [0.5, 0.6) is 0 Å². The van der Waals surface area contributed by atoms with Crippen LogP contribution in [-0.4, -0.2) is 69.3 Å². The summed E-state index contributed by atoms with van der Waals surface area (Å²) in [5.41, 5.74) is 0. The average Bonchev–Trinajstić information content (AvgIpc) is 2.28. The van der Waals surface area contributed by atoms with Gasteiger partial charge >= 0.3 is 0 Å². The van der Waals surface area contributed by atoms with E-state index in [0.717, 1.165) is 0 Å². The minimum Gasteiger partial charge on any atom is -0.394 e. The van der Waals surface area contributed by atoms with E-state index in [1.807, 2.05) is 0 Å². The van der Waals surface area contributed by atoms with Crippen LogP contribution < -0.4 is 5.32 Å². The van der Waals surface area contributed by atoms with Gasteiger partial charge in [0.15, 0.2) is 6.29 Å². The quantitative estimate of drug-likeness (QED) is 0.295. The number of thiol groups is 1. The summed E-state index contributed by atoms with van der Waals surface area (Å²) in [5, 5.41) is 39.6. The lowest BCUT2D eigenvalue weighted by Gasteiger charge is -2.40. The Balaban J connectivity index is 2.67. The molecule has 0 spiro atoms. The molecule has 0 bridgehead atoms. The van der Waals surface area contributed by atoms with E-state index in [1.165, 1.54) is 0 Å². The molecule has 1 fully saturated rings. The third kappa shape index (κ3) is 2.84. The van der Waals surface area contributed by atoms with E-state index < -0.39 is 43.2 Å². The van der Waals surface area contributed by atoms with Gasteiger partial charge in [0, 0.05) is 0 Å². The fourth-order valence-corrected chi connectivity index (χ4v) is 1.58. The molecule has 1 rings (SSSR count). The highest BCUT2D eigenvalue weighted by Gasteiger charge is 2.44. The average molecular weight is 253 g/mol. The monoisotopic (exact) mass is 253 g/mol. The standard InChI is InChI=1S/C8H15NO6S/c10-1-3-6(12)7(13)5(8(14)15-3)9-4(11)2-16/h3,5-8,10,12-14,16H,1-2H2,(H,9,11)/t3?,5?,6-,7+,8?/m0/s1. The number of carbonyl (C=O) groups excluding carboxylic acids is 1. The van der Waals surface area contributed by atoms with E-state index in [4.69, 9.17) is 9.84 Å². The second-order valence-corrected chi connectivity index (χ2v) is 3.80. The molecule has 0 radical (unpaired) electrons. The van der Waals surface area contributed by atoms with E-state index >= 15 is 0 Å². The summed E-state index contributed by atoms with van der Waals surface area (Å²) in [6.45, 7) is -0.539. The molecule has 7 nitrogen and oxygen atoms in total. The SMILES string of the molecule is O=C(CS)NC1C(O)OC(CO)[C@H](O)[C@@H]1O. The Morgan fingerprint density at radius 1 is 1.31 bits per heavy atom. The highest BCUT2D eigenvalue weighted by atomic mass is 32.1. The summed E-state index contributed by atoms with van der Waals surface area (Å²) in [7, 11) is 0. The van der Waals surface area contributed by atoms with Gasteiger partial charge in [0.25, 0.3) is 0 Å². The molecule has 1 heterocycles. The zero-order valence-corrected chi connectivity index (χ0v) is 9.25. The van der Waals surface area contributed by atoms with Crippen molar-refractivity contribution in [2.24, 2.45) is 0 Å². The number of aliphatic hydroxyl groups is 4. The Kier molecular flexibility index (Phi) is 4.96. The van der Waals surface area contributed by atoms with Crippen LogP contribution in [0.2, 0.25) is 0 Å². The van der Waals surface area contributed by atoms with Gasteiger partial charge in [-0.05, 0) is 0 Å². The van der Waals surface area contributed by atoms with Crippen LogP contribution in [-0.2, 0) is 9.53 Å². The molecule has 0 aromatic heterocycles.